The van der Waals surface area contributed by atoms with E-state index in [-0.39, 0.29) is 5.91 Å². The molecule has 0 atom stereocenters. The smallest absolute Gasteiger partial charge is 0.314 e. The summed E-state index contributed by atoms with van der Waals surface area (Å²) in [5, 5.41) is 2.99. The fourth-order valence-electron chi connectivity index (χ4n) is 2.72. The zero-order valence-corrected chi connectivity index (χ0v) is 19.2. The molecule has 1 amide bonds. The van der Waals surface area contributed by atoms with E-state index >= 15 is 0 Å². The Balaban J connectivity index is 2.54. The third-order valence-electron chi connectivity index (χ3n) is 3.17. The molecule has 1 rings (SSSR count). The molecule has 7 heteroatoms. The summed E-state index contributed by atoms with van der Waals surface area (Å²) in [5.41, 5.74) is 0.703. The summed E-state index contributed by atoms with van der Waals surface area (Å²) in [4.78, 5) is 12.1. The largest absolute Gasteiger partial charge is 0.437 e. The van der Waals surface area contributed by atoms with Gasteiger partial charge in [-0.25, -0.2) is 0 Å². The lowest BCUT2D eigenvalue weighted by Gasteiger charge is -2.38. The molecule has 0 saturated carbocycles. The Bertz CT molecular complexity index is 508. The van der Waals surface area contributed by atoms with Gasteiger partial charge in [-0.2, -0.15) is 0 Å². The molecular formula is C17H33NO3Si3. The molecule has 0 aromatic heterocycles. The first-order valence-electron chi connectivity index (χ1n) is 8.64. The van der Waals surface area contributed by atoms with Crippen LogP contribution in [0.5, 0.6) is 0 Å². The monoisotopic (exact) mass is 383 g/mol. The highest BCUT2D eigenvalue weighted by atomic mass is 28.5. The molecule has 0 aliphatic rings. The molecule has 4 nitrogen and oxygen atoms in total. The van der Waals surface area contributed by atoms with E-state index in [4.69, 9.17) is 8.23 Å². The van der Waals surface area contributed by atoms with Crippen molar-refractivity contribution in [2.45, 2.75) is 58.3 Å². The summed E-state index contributed by atoms with van der Waals surface area (Å²) >= 11 is 0. The number of amides is 1. The Labute approximate surface area is 150 Å². The number of nitrogens with one attached hydrogen (secondary N) is 1. The molecule has 0 heterocycles. The Morgan fingerprint density at radius 3 is 1.88 bits per heavy atom. The molecule has 136 valence electrons. The molecule has 0 fully saturated rings. The van der Waals surface area contributed by atoms with Crippen LogP contribution in [-0.2, 0) is 8.23 Å². The lowest BCUT2D eigenvalue weighted by Crippen LogP contribution is -2.52. The Morgan fingerprint density at radius 2 is 1.42 bits per heavy atom. The van der Waals surface area contributed by atoms with Gasteiger partial charge in [0.05, 0.1) is 0 Å². The van der Waals surface area contributed by atoms with Crippen LogP contribution >= 0.6 is 0 Å². The van der Waals surface area contributed by atoms with Gasteiger partial charge in [-0.1, -0.05) is 18.2 Å². The van der Waals surface area contributed by atoms with Crippen LogP contribution in [0.3, 0.4) is 0 Å². The summed E-state index contributed by atoms with van der Waals surface area (Å²) in [5.74, 6) is -0.0174. The van der Waals surface area contributed by atoms with Crippen molar-refractivity contribution in [3.05, 3.63) is 35.9 Å². The molecule has 24 heavy (non-hydrogen) atoms. The van der Waals surface area contributed by atoms with Crippen LogP contribution in [0.2, 0.25) is 51.9 Å². The zero-order valence-electron chi connectivity index (χ0n) is 16.2. The Hall–Kier alpha value is -0.739. The molecule has 0 aliphatic heterocycles. The van der Waals surface area contributed by atoms with Crippen molar-refractivity contribution in [1.82, 2.24) is 5.32 Å². The van der Waals surface area contributed by atoms with Gasteiger partial charge in [-0.3, -0.25) is 4.79 Å². The topological polar surface area (TPSA) is 47.6 Å². The number of benzene rings is 1. The highest BCUT2D eigenvalue weighted by Gasteiger charge is 2.39. The van der Waals surface area contributed by atoms with Gasteiger partial charge in [0.15, 0.2) is 16.6 Å². The summed E-state index contributed by atoms with van der Waals surface area (Å²) in [7, 11) is -5.51. The Kier molecular flexibility index (Phi) is 7.61. The molecule has 1 aromatic carbocycles. The standard InChI is InChI=1S/C17H33NO3Si3/c1-22(2,3)20-24(7,21-23(4,5)6)15-11-14-18-17(19)16-12-9-8-10-13-16/h8-10,12-13H,11,14-15H2,1-7H3,(H,18,19). The summed E-state index contributed by atoms with van der Waals surface area (Å²) in [6, 6.07) is 10.2. The van der Waals surface area contributed by atoms with Crippen LogP contribution in [0.1, 0.15) is 16.8 Å². The third-order valence-corrected chi connectivity index (χ3v) is 12.8. The second-order valence-electron chi connectivity index (χ2n) is 8.29. The van der Waals surface area contributed by atoms with Crippen LogP contribution in [0.4, 0.5) is 0 Å². The van der Waals surface area contributed by atoms with Gasteiger partial charge in [-0.15, -0.1) is 0 Å². The van der Waals surface area contributed by atoms with Crippen LogP contribution in [-0.4, -0.2) is 37.6 Å². The SMILES string of the molecule is C[Si](C)(C)O[Si](C)(CCCNC(=O)c1ccccc1)O[Si](C)(C)C. The normalized spacial score (nSPS) is 13.0. The van der Waals surface area contributed by atoms with Crippen molar-refractivity contribution in [3.8, 4) is 0 Å². The third kappa shape index (κ3) is 8.93. The van der Waals surface area contributed by atoms with Crippen molar-refractivity contribution in [2.24, 2.45) is 0 Å². The molecule has 1 aromatic rings. The summed E-state index contributed by atoms with van der Waals surface area (Å²) in [6.07, 6.45) is 0.885. The Morgan fingerprint density at radius 1 is 0.917 bits per heavy atom. The van der Waals surface area contributed by atoms with Gasteiger partial charge >= 0.3 is 8.56 Å². The van der Waals surface area contributed by atoms with E-state index in [2.05, 4.69) is 51.1 Å². The molecule has 0 spiro atoms. The lowest BCUT2D eigenvalue weighted by molar-refractivity contribution is 0.0953. The van der Waals surface area contributed by atoms with Crippen LogP contribution in [0, 0.1) is 0 Å². The minimum atomic E-state index is -2.20. The van der Waals surface area contributed by atoms with Crippen LogP contribution < -0.4 is 5.32 Å². The predicted octanol–water partition coefficient (Wildman–Crippen LogP) is 4.58. The number of carbonyl (C=O) groups excluding carboxylic acids is 1. The molecule has 0 unspecified atom stereocenters. The molecular weight excluding hydrogens is 350 g/mol. The van der Waals surface area contributed by atoms with Crippen molar-refractivity contribution < 1.29 is 13.0 Å². The van der Waals surface area contributed by atoms with E-state index in [1.54, 1.807) is 0 Å². The fraction of sp³-hybridized carbons (Fsp3) is 0.588. The second kappa shape index (κ2) is 8.57. The minimum absolute atomic E-state index is 0.0174. The average Bonchev–Trinajstić information content (AvgIpc) is 2.40. The van der Waals surface area contributed by atoms with Gasteiger partial charge in [0.2, 0.25) is 0 Å². The van der Waals surface area contributed by atoms with E-state index in [0.717, 1.165) is 12.5 Å². The molecule has 0 saturated heterocycles. The highest BCUT2D eigenvalue weighted by Crippen LogP contribution is 2.25. The minimum Gasteiger partial charge on any atom is -0.437 e. The van der Waals surface area contributed by atoms with Gasteiger partial charge in [-0.05, 0) is 70.4 Å². The number of carbonyl (C=O) groups is 1. The van der Waals surface area contributed by atoms with Crippen molar-refractivity contribution in [1.29, 1.82) is 0 Å². The lowest BCUT2D eigenvalue weighted by atomic mass is 10.2. The first kappa shape index (κ1) is 21.3. The predicted molar refractivity (Wildman–Crippen MR) is 109 cm³/mol. The van der Waals surface area contributed by atoms with E-state index in [9.17, 15) is 4.79 Å². The van der Waals surface area contributed by atoms with Crippen LogP contribution in [0.15, 0.2) is 30.3 Å². The van der Waals surface area contributed by atoms with Gasteiger partial charge < -0.3 is 13.5 Å². The average molecular weight is 384 g/mol. The maximum atomic E-state index is 12.1. The zero-order chi connectivity index (χ0) is 18.4. The number of rotatable bonds is 9. The van der Waals surface area contributed by atoms with E-state index in [0.29, 0.717) is 12.1 Å². The summed E-state index contributed by atoms with van der Waals surface area (Å²) in [6.45, 7) is 16.1. The first-order valence-corrected chi connectivity index (χ1v) is 18.0. The molecule has 0 bridgehead atoms. The molecule has 1 N–H and O–H groups in total. The van der Waals surface area contributed by atoms with E-state index in [1.807, 2.05) is 30.3 Å². The van der Waals surface area contributed by atoms with Crippen LogP contribution in [0.25, 0.3) is 0 Å². The van der Waals surface area contributed by atoms with Crippen molar-refractivity contribution in [3.63, 3.8) is 0 Å². The maximum Gasteiger partial charge on any atom is 0.314 e. The first-order chi connectivity index (χ1) is 10.9. The van der Waals surface area contributed by atoms with E-state index < -0.39 is 25.2 Å². The van der Waals surface area contributed by atoms with Gasteiger partial charge in [0, 0.05) is 12.1 Å². The second-order valence-corrected chi connectivity index (χ2v) is 21.1. The number of hydrogen-bond acceptors (Lipinski definition) is 3. The van der Waals surface area contributed by atoms with Gasteiger partial charge in [0.25, 0.3) is 5.91 Å². The van der Waals surface area contributed by atoms with E-state index in [1.165, 1.54) is 0 Å². The van der Waals surface area contributed by atoms with Crippen molar-refractivity contribution >= 4 is 31.1 Å². The maximum absolute atomic E-state index is 12.1. The van der Waals surface area contributed by atoms with Gasteiger partial charge in [0.1, 0.15) is 0 Å². The quantitative estimate of drug-likeness (QED) is 0.501. The fourth-order valence-corrected chi connectivity index (χ4v) is 15.3. The highest BCUT2D eigenvalue weighted by molar-refractivity contribution is 6.87. The summed E-state index contributed by atoms with van der Waals surface area (Å²) < 4.78 is 12.9. The number of hydrogen-bond donors (Lipinski definition) is 1. The molecule has 0 aliphatic carbocycles. The molecule has 0 radical (unpaired) electrons. The van der Waals surface area contributed by atoms with Crippen molar-refractivity contribution in [2.75, 3.05) is 6.54 Å².